The zero-order valence-corrected chi connectivity index (χ0v) is 10.9. The van der Waals surface area contributed by atoms with E-state index in [1.165, 1.54) is 17.3 Å². The van der Waals surface area contributed by atoms with Gasteiger partial charge in [0.25, 0.3) is 0 Å². The first kappa shape index (κ1) is 12.0. The van der Waals surface area contributed by atoms with Crippen molar-refractivity contribution >= 4 is 11.4 Å². The summed E-state index contributed by atoms with van der Waals surface area (Å²) in [4.78, 5) is 1.99. The monoisotopic (exact) mass is 256 g/mol. The first-order valence-electron chi connectivity index (χ1n) is 6.54. The number of anilines is 2. The molecule has 0 saturated heterocycles. The predicted molar refractivity (Wildman–Crippen MR) is 77.3 cm³/mol. The number of hydrogen-bond acceptors (Lipinski definition) is 2. The highest BCUT2D eigenvalue weighted by Gasteiger charge is 2.23. The molecule has 0 radical (unpaired) electrons. The van der Waals surface area contributed by atoms with E-state index in [1.807, 2.05) is 30.1 Å². The minimum absolute atomic E-state index is 0.163. The van der Waals surface area contributed by atoms with Crippen LogP contribution in [0.2, 0.25) is 0 Å². The van der Waals surface area contributed by atoms with Gasteiger partial charge in [0.1, 0.15) is 5.82 Å². The van der Waals surface area contributed by atoms with E-state index in [-0.39, 0.29) is 5.82 Å². The highest BCUT2D eigenvalue weighted by atomic mass is 19.1. The van der Waals surface area contributed by atoms with E-state index < -0.39 is 0 Å². The maximum atomic E-state index is 13.8. The molecule has 1 unspecified atom stereocenters. The summed E-state index contributed by atoms with van der Waals surface area (Å²) in [6.07, 6.45) is 0. The van der Waals surface area contributed by atoms with Crippen molar-refractivity contribution < 1.29 is 4.39 Å². The summed E-state index contributed by atoms with van der Waals surface area (Å²) in [6, 6.07) is 15.3. The van der Waals surface area contributed by atoms with Gasteiger partial charge in [0.2, 0.25) is 0 Å². The molecule has 1 aliphatic rings. The fraction of sp³-hybridized carbons (Fsp3) is 0.250. The highest BCUT2D eigenvalue weighted by molar-refractivity contribution is 5.58. The normalized spacial score (nSPS) is 16.8. The summed E-state index contributed by atoms with van der Waals surface area (Å²) >= 11 is 0. The summed E-state index contributed by atoms with van der Waals surface area (Å²) in [5, 5.41) is 3.40. The molecule has 3 rings (SSSR count). The molecule has 98 valence electrons. The van der Waals surface area contributed by atoms with Gasteiger partial charge in [-0.15, -0.1) is 0 Å². The Morgan fingerprint density at radius 3 is 2.74 bits per heavy atom. The van der Waals surface area contributed by atoms with Gasteiger partial charge in [0.15, 0.2) is 0 Å². The Kier molecular flexibility index (Phi) is 3.11. The van der Waals surface area contributed by atoms with E-state index in [9.17, 15) is 4.39 Å². The van der Waals surface area contributed by atoms with Crippen molar-refractivity contribution in [1.82, 2.24) is 0 Å². The molecule has 0 bridgehead atoms. The third kappa shape index (κ3) is 2.28. The Hall–Kier alpha value is -2.03. The van der Waals surface area contributed by atoms with Crippen LogP contribution >= 0.6 is 0 Å². The second kappa shape index (κ2) is 4.92. The second-order valence-electron chi connectivity index (χ2n) is 5.00. The molecule has 3 heteroatoms. The van der Waals surface area contributed by atoms with Crippen LogP contribution in [0.1, 0.15) is 11.5 Å². The topological polar surface area (TPSA) is 15.3 Å². The Labute approximate surface area is 112 Å². The lowest BCUT2D eigenvalue weighted by Crippen LogP contribution is -2.26. The molecule has 0 aliphatic carbocycles. The van der Waals surface area contributed by atoms with Gasteiger partial charge >= 0.3 is 0 Å². The van der Waals surface area contributed by atoms with Crippen LogP contribution in [0.5, 0.6) is 0 Å². The molecule has 0 amide bonds. The summed E-state index contributed by atoms with van der Waals surface area (Å²) in [7, 11) is 1.94. The smallest absolute Gasteiger partial charge is 0.146 e. The van der Waals surface area contributed by atoms with Crippen molar-refractivity contribution in [3.8, 4) is 0 Å². The van der Waals surface area contributed by atoms with Gasteiger partial charge in [-0.2, -0.15) is 0 Å². The SMILES string of the molecule is CN(CC1CNc2ccccc21)c1ccccc1F. The molecule has 0 spiro atoms. The molecule has 2 nitrogen and oxygen atoms in total. The van der Waals surface area contributed by atoms with Crippen LogP contribution in [0.3, 0.4) is 0 Å². The van der Waals surface area contributed by atoms with E-state index in [4.69, 9.17) is 0 Å². The van der Waals surface area contributed by atoms with Crippen molar-refractivity contribution in [2.45, 2.75) is 5.92 Å². The average molecular weight is 256 g/mol. The lowest BCUT2D eigenvalue weighted by atomic mass is 10.0. The molecule has 0 fully saturated rings. The molecule has 1 heterocycles. The molecule has 1 atom stereocenters. The zero-order chi connectivity index (χ0) is 13.2. The molecular formula is C16H17FN2. The standard InChI is InChI=1S/C16H17FN2/c1-19(16-9-5-3-7-14(16)17)11-12-10-18-15-8-4-2-6-13(12)15/h2-9,12,18H,10-11H2,1H3. The lowest BCUT2D eigenvalue weighted by Gasteiger charge is -2.23. The van der Waals surface area contributed by atoms with Crippen LogP contribution in [0.25, 0.3) is 0 Å². The van der Waals surface area contributed by atoms with Gasteiger partial charge < -0.3 is 10.2 Å². The minimum atomic E-state index is -0.163. The van der Waals surface area contributed by atoms with Gasteiger partial charge in [-0.1, -0.05) is 30.3 Å². The number of likely N-dealkylation sites (N-methyl/N-ethyl adjacent to an activating group) is 1. The third-order valence-electron chi connectivity index (χ3n) is 3.70. The maximum absolute atomic E-state index is 13.8. The van der Waals surface area contributed by atoms with Gasteiger partial charge in [-0.25, -0.2) is 4.39 Å². The highest BCUT2D eigenvalue weighted by Crippen LogP contribution is 2.32. The van der Waals surface area contributed by atoms with E-state index in [0.717, 1.165) is 13.1 Å². The van der Waals surface area contributed by atoms with Crippen LogP contribution in [-0.4, -0.2) is 20.1 Å². The molecule has 0 saturated carbocycles. The van der Waals surface area contributed by atoms with Crippen molar-refractivity contribution in [2.75, 3.05) is 30.4 Å². The Bertz CT molecular complexity index is 582. The fourth-order valence-electron chi connectivity index (χ4n) is 2.71. The minimum Gasteiger partial charge on any atom is -0.384 e. The summed E-state index contributed by atoms with van der Waals surface area (Å²) in [5.41, 5.74) is 3.19. The Balaban J connectivity index is 1.78. The quantitative estimate of drug-likeness (QED) is 0.904. The lowest BCUT2D eigenvalue weighted by molar-refractivity contribution is 0.617. The van der Waals surface area contributed by atoms with E-state index in [1.54, 1.807) is 6.07 Å². The van der Waals surface area contributed by atoms with Gasteiger partial charge in [0.05, 0.1) is 5.69 Å². The molecule has 0 aromatic heterocycles. The fourth-order valence-corrected chi connectivity index (χ4v) is 2.71. The van der Waals surface area contributed by atoms with Crippen molar-refractivity contribution in [1.29, 1.82) is 0 Å². The zero-order valence-electron chi connectivity index (χ0n) is 10.9. The van der Waals surface area contributed by atoms with Crippen molar-refractivity contribution in [3.63, 3.8) is 0 Å². The first-order chi connectivity index (χ1) is 9.25. The maximum Gasteiger partial charge on any atom is 0.146 e. The van der Waals surface area contributed by atoms with Crippen LogP contribution in [0, 0.1) is 5.82 Å². The molecule has 1 aliphatic heterocycles. The van der Waals surface area contributed by atoms with Gasteiger partial charge in [0, 0.05) is 31.7 Å². The van der Waals surface area contributed by atoms with Crippen molar-refractivity contribution in [2.24, 2.45) is 0 Å². The number of hydrogen-bond donors (Lipinski definition) is 1. The Morgan fingerprint density at radius 2 is 1.89 bits per heavy atom. The van der Waals surface area contributed by atoms with Crippen LogP contribution < -0.4 is 10.2 Å². The van der Waals surface area contributed by atoms with Crippen LogP contribution in [-0.2, 0) is 0 Å². The molecule has 1 N–H and O–H groups in total. The van der Waals surface area contributed by atoms with E-state index in [2.05, 4.69) is 23.5 Å². The van der Waals surface area contributed by atoms with E-state index >= 15 is 0 Å². The van der Waals surface area contributed by atoms with Gasteiger partial charge in [-0.05, 0) is 23.8 Å². The molecular weight excluding hydrogens is 239 g/mol. The van der Waals surface area contributed by atoms with Gasteiger partial charge in [-0.3, -0.25) is 0 Å². The Morgan fingerprint density at radius 1 is 1.16 bits per heavy atom. The van der Waals surface area contributed by atoms with Crippen LogP contribution in [0.15, 0.2) is 48.5 Å². The number of nitrogens with zero attached hydrogens (tertiary/aromatic N) is 1. The number of halogens is 1. The predicted octanol–water partition coefficient (Wildman–Crippen LogP) is 3.47. The number of fused-ring (bicyclic) bond motifs is 1. The van der Waals surface area contributed by atoms with Crippen molar-refractivity contribution in [3.05, 3.63) is 59.9 Å². The molecule has 19 heavy (non-hydrogen) atoms. The number of nitrogens with one attached hydrogen (secondary N) is 1. The number of benzene rings is 2. The summed E-state index contributed by atoms with van der Waals surface area (Å²) < 4.78 is 13.8. The first-order valence-corrected chi connectivity index (χ1v) is 6.54. The second-order valence-corrected chi connectivity index (χ2v) is 5.00. The van der Waals surface area contributed by atoms with Crippen LogP contribution in [0.4, 0.5) is 15.8 Å². The largest absolute Gasteiger partial charge is 0.384 e. The van der Waals surface area contributed by atoms with E-state index in [0.29, 0.717) is 11.6 Å². The summed E-state index contributed by atoms with van der Waals surface area (Å²) in [5.74, 6) is 0.241. The number of para-hydroxylation sites is 2. The average Bonchev–Trinajstić information content (AvgIpc) is 2.83. The molecule has 2 aromatic carbocycles. The third-order valence-corrected chi connectivity index (χ3v) is 3.70. The summed E-state index contributed by atoms with van der Waals surface area (Å²) in [6.45, 7) is 1.73. The molecule has 2 aromatic rings. The number of rotatable bonds is 3.